The number of para-hydroxylation sites is 2. The molecule has 4 rings (SSSR count). The molecule has 1 saturated heterocycles. The van der Waals surface area contributed by atoms with Gasteiger partial charge in [0.2, 0.25) is 0 Å². The SMILES string of the molecule is COc1cc(F)c(Cl)c2c1N(c1ccccc1N)CC21CCN(CC(C)(C)C)CC1. The van der Waals surface area contributed by atoms with Gasteiger partial charge in [0.15, 0.2) is 0 Å². The molecule has 162 valence electrons. The van der Waals surface area contributed by atoms with E-state index in [4.69, 9.17) is 22.1 Å². The van der Waals surface area contributed by atoms with Crippen molar-refractivity contribution in [2.24, 2.45) is 5.41 Å². The number of benzene rings is 2. The number of nitrogen functional groups attached to an aromatic ring is 1. The third kappa shape index (κ3) is 3.63. The van der Waals surface area contributed by atoms with E-state index in [-0.39, 0.29) is 15.9 Å². The number of nitrogens with zero attached hydrogens (tertiary/aromatic N) is 2. The van der Waals surface area contributed by atoms with Gasteiger partial charge in [-0.25, -0.2) is 4.39 Å². The normalized spacial score (nSPS) is 18.7. The van der Waals surface area contributed by atoms with Gasteiger partial charge < -0.3 is 20.3 Å². The van der Waals surface area contributed by atoms with E-state index in [0.29, 0.717) is 11.4 Å². The molecule has 4 nitrogen and oxygen atoms in total. The Hall–Kier alpha value is -1.98. The zero-order valence-corrected chi connectivity index (χ0v) is 19.0. The van der Waals surface area contributed by atoms with Crippen LogP contribution in [0.1, 0.15) is 39.2 Å². The first-order chi connectivity index (χ1) is 14.1. The third-order valence-electron chi connectivity index (χ3n) is 6.38. The Morgan fingerprint density at radius 3 is 2.47 bits per heavy atom. The average molecular weight is 432 g/mol. The fraction of sp³-hybridized carbons (Fsp3) is 0.500. The van der Waals surface area contributed by atoms with Crippen LogP contribution in [0.2, 0.25) is 5.02 Å². The highest BCUT2D eigenvalue weighted by Gasteiger charge is 2.49. The van der Waals surface area contributed by atoms with Gasteiger partial charge in [0.25, 0.3) is 0 Å². The number of methoxy groups -OCH3 is 1. The van der Waals surface area contributed by atoms with Crippen LogP contribution < -0.4 is 15.4 Å². The van der Waals surface area contributed by atoms with Crippen molar-refractivity contribution in [3.63, 3.8) is 0 Å². The van der Waals surface area contributed by atoms with Gasteiger partial charge >= 0.3 is 0 Å². The summed E-state index contributed by atoms with van der Waals surface area (Å²) >= 11 is 6.62. The molecule has 0 aliphatic carbocycles. The van der Waals surface area contributed by atoms with E-state index in [0.717, 1.165) is 56.0 Å². The molecular formula is C24H31ClFN3O. The molecule has 1 fully saturated rings. The molecule has 0 amide bonds. The molecule has 6 heteroatoms. The summed E-state index contributed by atoms with van der Waals surface area (Å²) in [6, 6.07) is 9.18. The van der Waals surface area contributed by atoms with E-state index in [2.05, 4.69) is 30.6 Å². The van der Waals surface area contributed by atoms with Crippen molar-refractivity contribution in [3.8, 4) is 5.75 Å². The molecule has 0 bridgehead atoms. The molecule has 0 unspecified atom stereocenters. The van der Waals surface area contributed by atoms with Crippen molar-refractivity contribution in [2.45, 2.75) is 39.0 Å². The van der Waals surface area contributed by atoms with E-state index < -0.39 is 5.82 Å². The molecular weight excluding hydrogens is 401 g/mol. The maximum absolute atomic E-state index is 14.8. The number of rotatable bonds is 3. The Morgan fingerprint density at radius 2 is 1.87 bits per heavy atom. The van der Waals surface area contributed by atoms with Crippen molar-refractivity contribution < 1.29 is 9.13 Å². The molecule has 2 aromatic carbocycles. The summed E-state index contributed by atoms with van der Waals surface area (Å²) in [4.78, 5) is 4.68. The first-order valence-electron chi connectivity index (χ1n) is 10.6. The van der Waals surface area contributed by atoms with Gasteiger partial charge in [-0.3, -0.25) is 0 Å². The average Bonchev–Trinajstić information content (AvgIpc) is 3.01. The second-order valence-corrected chi connectivity index (χ2v) is 10.2. The van der Waals surface area contributed by atoms with Gasteiger partial charge in [0.1, 0.15) is 11.6 Å². The number of hydrogen-bond acceptors (Lipinski definition) is 4. The van der Waals surface area contributed by atoms with Gasteiger partial charge in [0.05, 0.1) is 29.2 Å². The lowest BCUT2D eigenvalue weighted by atomic mass is 9.73. The first kappa shape index (κ1) is 21.3. The largest absolute Gasteiger partial charge is 0.494 e. The standard InChI is InChI=1S/C24H31ClFN3O/c1-23(2,3)14-28-11-9-24(10-12-28)15-29(18-8-6-5-7-17(18)27)22-19(30-4)13-16(26)21(25)20(22)24/h5-8,13H,9-12,14-15,27H2,1-4H3. The fourth-order valence-electron chi connectivity index (χ4n) is 5.12. The zero-order chi connectivity index (χ0) is 21.7. The van der Waals surface area contributed by atoms with Gasteiger partial charge in [0, 0.05) is 30.1 Å². The molecule has 2 aliphatic rings. The van der Waals surface area contributed by atoms with Crippen LogP contribution in [0, 0.1) is 11.2 Å². The van der Waals surface area contributed by atoms with Gasteiger partial charge in [-0.15, -0.1) is 0 Å². The van der Waals surface area contributed by atoms with Crippen LogP contribution in [0.3, 0.4) is 0 Å². The number of piperidine rings is 1. The third-order valence-corrected chi connectivity index (χ3v) is 6.75. The van der Waals surface area contributed by atoms with Crippen molar-refractivity contribution >= 4 is 28.7 Å². The molecule has 2 N–H and O–H groups in total. The Kier molecular flexibility index (Phi) is 5.39. The molecule has 30 heavy (non-hydrogen) atoms. The summed E-state index contributed by atoms with van der Waals surface area (Å²) < 4.78 is 20.4. The lowest BCUT2D eigenvalue weighted by Crippen LogP contribution is -2.47. The van der Waals surface area contributed by atoms with E-state index in [9.17, 15) is 4.39 Å². The molecule has 0 atom stereocenters. The van der Waals surface area contributed by atoms with Crippen molar-refractivity contribution in [1.29, 1.82) is 0 Å². The number of likely N-dealkylation sites (tertiary alicyclic amines) is 1. The summed E-state index contributed by atoms with van der Waals surface area (Å²) in [5, 5.41) is 0.215. The maximum Gasteiger partial charge on any atom is 0.145 e. The minimum atomic E-state index is -0.424. The summed E-state index contributed by atoms with van der Waals surface area (Å²) in [5.74, 6) is 0.0794. The molecule has 0 aromatic heterocycles. The van der Waals surface area contributed by atoms with E-state index in [1.807, 2.05) is 24.3 Å². The van der Waals surface area contributed by atoms with Gasteiger partial charge in [-0.2, -0.15) is 0 Å². The van der Waals surface area contributed by atoms with Crippen LogP contribution >= 0.6 is 11.6 Å². The Bertz CT molecular complexity index is 948. The van der Waals surface area contributed by atoms with E-state index >= 15 is 0 Å². The van der Waals surface area contributed by atoms with E-state index in [1.165, 1.54) is 6.07 Å². The fourth-order valence-corrected chi connectivity index (χ4v) is 5.46. The van der Waals surface area contributed by atoms with Crippen LogP contribution in [0.25, 0.3) is 0 Å². The smallest absolute Gasteiger partial charge is 0.145 e. The van der Waals surface area contributed by atoms with Crippen LogP contribution in [0.5, 0.6) is 5.75 Å². The number of anilines is 3. The lowest BCUT2D eigenvalue weighted by molar-refractivity contribution is 0.125. The Morgan fingerprint density at radius 1 is 1.20 bits per heavy atom. The quantitative estimate of drug-likeness (QED) is 0.642. The molecule has 0 radical (unpaired) electrons. The highest BCUT2D eigenvalue weighted by molar-refractivity contribution is 6.32. The number of halogens is 2. The second-order valence-electron chi connectivity index (χ2n) is 9.86. The van der Waals surface area contributed by atoms with Crippen LogP contribution in [0.4, 0.5) is 21.5 Å². The number of ether oxygens (including phenoxy) is 1. The summed E-state index contributed by atoms with van der Waals surface area (Å²) in [7, 11) is 1.58. The van der Waals surface area contributed by atoms with Crippen molar-refractivity contribution in [2.75, 3.05) is 43.9 Å². The molecule has 2 aromatic rings. The second kappa shape index (κ2) is 7.61. The highest BCUT2D eigenvalue weighted by Crippen LogP contribution is 2.57. The Balaban J connectivity index is 1.79. The van der Waals surface area contributed by atoms with Crippen molar-refractivity contribution in [3.05, 3.63) is 46.7 Å². The first-order valence-corrected chi connectivity index (χ1v) is 10.9. The topological polar surface area (TPSA) is 41.7 Å². The van der Waals surface area contributed by atoms with Crippen LogP contribution in [-0.2, 0) is 5.41 Å². The molecule has 2 heterocycles. The van der Waals surface area contributed by atoms with Crippen LogP contribution in [-0.4, -0.2) is 38.2 Å². The molecule has 0 saturated carbocycles. The number of hydrogen-bond donors (Lipinski definition) is 1. The summed E-state index contributed by atoms with van der Waals surface area (Å²) in [6.45, 7) is 10.5. The monoisotopic (exact) mass is 431 g/mol. The maximum atomic E-state index is 14.8. The highest BCUT2D eigenvalue weighted by atomic mass is 35.5. The number of nitrogens with two attached hydrogens (primary N) is 1. The number of fused-ring (bicyclic) bond motifs is 2. The summed E-state index contributed by atoms with van der Waals surface area (Å²) in [6.07, 6.45) is 1.84. The minimum Gasteiger partial charge on any atom is -0.494 e. The van der Waals surface area contributed by atoms with Gasteiger partial charge in [-0.1, -0.05) is 44.5 Å². The molecule has 1 spiro atoms. The minimum absolute atomic E-state index is 0.215. The van der Waals surface area contributed by atoms with Crippen LogP contribution in [0.15, 0.2) is 30.3 Å². The summed E-state index contributed by atoms with van der Waals surface area (Å²) in [5.41, 5.74) is 9.68. The zero-order valence-electron chi connectivity index (χ0n) is 18.3. The predicted molar refractivity (Wildman–Crippen MR) is 123 cm³/mol. The molecule has 2 aliphatic heterocycles. The Labute approximate surface area is 183 Å². The van der Waals surface area contributed by atoms with Gasteiger partial charge in [-0.05, 0) is 43.5 Å². The van der Waals surface area contributed by atoms with Crippen molar-refractivity contribution in [1.82, 2.24) is 4.90 Å². The lowest BCUT2D eigenvalue weighted by Gasteiger charge is -2.42. The predicted octanol–water partition coefficient (Wildman–Crippen LogP) is 5.60. The van der Waals surface area contributed by atoms with E-state index in [1.54, 1.807) is 7.11 Å².